The zero-order valence-corrected chi connectivity index (χ0v) is 32.2. The van der Waals surface area contributed by atoms with Crippen LogP contribution in [0.2, 0.25) is 0 Å². The lowest BCUT2D eigenvalue weighted by atomic mass is 10.00. The van der Waals surface area contributed by atoms with Gasteiger partial charge in [-0.25, -0.2) is 0 Å². The van der Waals surface area contributed by atoms with E-state index in [1.54, 1.807) is 0 Å². The molecular weight excluding hydrogens is 610 g/mol. The first kappa shape index (κ1) is 47.5. The molecule has 0 aliphatic heterocycles. The van der Waals surface area contributed by atoms with E-state index in [4.69, 9.17) is 0 Å². The molecule has 49 heavy (non-hydrogen) atoms. The van der Waals surface area contributed by atoms with Crippen molar-refractivity contribution in [3.05, 3.63) is 36.5 Å². The van der Waals surface area contributed by atoms with Gasteiger partial charge in [-0.15, -0.1) is 0 Å². The third-order valence-corrected chi connectivity index (χ3v) is 9.56. The molecule has 0 rings (SSSR count). The van der Waals surface area contributed by atoms with Gasteiger partial charge in [-0.3, -0.25) is 4.79 Å². The summed E-state index contributed by atoms with van der Waals surface area (Å²) in [6.45, 7) is 3.90. The van der Waals surface area contributed by atoms with Crippen LogP contribution in [-0.4, -0.2) is 57.3 Å². The topological polar surface area (TPSA) is 110 Å². The SMILES string of the molecule is CC/C=C/CC/C=C/CCCC(O)C(O)C(CO)NC(=O)C(O)CCCCCCCCCC/C=C\CCCCCCCCCCCCCC. The van der Waals surface area contributed by atoms with E-state index in [0.29, 0.717) is 19.3 Å². The highest BCUT2D eigenvalue weighted by Crippen LogP contribution is 2.15. The fourth-order valence-electron chi connectivity index (χ4n) is 6.24. The summed E-state index contributed by atoms with van der Waals surface area (Å²) in [5.41, 5.74) is 0. The minimum atomic E-state index is -1.29. The highest BCUT2D eigenvalue weighted by molar-refractivity contribution is 5.80. The molecule has 6 nitrogen and oxygen atoms in total. The van der Waals surface area contributed by atoms with Crippen molar-refractivity contribution >= 4 is 5.91 Å². The number of carbonyl (C=O) groups excluding carboxylic acids is 1. The van der Waals surface area contributed by atoms with Gasteiger partial charge in [-0.05, 0) is 70.6 Å². The molecule has 6 heteroatoms. The second kappa shape index (κ2) is 37.8. The van der Waals surface area contributed by atoms with Crippen molar-refractivity contribution in [2.24, 2.45) is 0 Å². The van der Waals surface area contributed by atoms with E-state index in [-0.39, 0.29) is 0 Å². The fraction of sp³-hybridized carbons (Fsp3) is 0.837. The van der Waals surface area contributed by atoms with Crippen LogP contribution in [0, 0.1) is 0 Å². The number of aliphatic hydroxyl groups excluding tert-OH is 4. The maximum atomic E-state index is 12.4. The molecule has 0 aliphatic rings. The Morgan fingerprint density at radius 3 is 1.39 bits per heavy atom. The molecular formula is C43H81NO5. The summed E-state index contributed by atoms with van der Waals surface area (Å²) < 4.78 is 0. The van der Waals surface area contributed by atoms with Crippen molar-refractivity contribution in [1.82, 2.24) is 5.32 Å². The largest absolute Gasteiger partial charge is 0.394 e. The van der Waals surface area contributed by atoms with Crippen molar-refractivity contribution in [1.29, 1.82) is 0 Å². The Balaban J connectivity index is 3.69. The molecule has 0 fully saturated rings. The lowest BCUT2D eigenvalue weighted by molar-refractivity contribution is -0.132. The molecule has 1 amide bonds. The summed E-state index contributed by atoms with van der Waals surface area (Å²) in [4.78, 5) is 12.4. The molecule has 0 radical (unpaired) electrons. The Kier molecular flexibility index (Phi) is 36.6. The summed E-state index contributed by atoms with van der Waals surface area (Å²) in [5.74, 6) is -0.603. The highest BCUT2D eigenvalue weighted by atomic mass is 16.3. The molecule has 0 aromatic carbocycles. The molecule has 0 aromatic heterocycles. The molecule has 0 saturated heterocycles. The predicted octanol–water partition coefficient (Wildman–Crippen LogP) is 10.6. The van der Waals surface area contributed by atoms with Gasteiger partial charge in [0.1, 0.15) is 12.2 Å². The van der Waals surface area contributed by atoms with Gasteiger partial charge in [0, 0.05) is 0 Å². The Labute approximate surface area is 303 Å². The molecule has 0 spiro atoms. The molecule has 4 atom stereocenters. The second-order valence-electron chi connectivity index (χ2n) is 14.3. The second-order valence-corrected chi connectivity index (χ2v) is 14.3. The molecule has 288 valence electrons. The van der Waals surface area contributed by atoms with Crippen LogP contribution in [0.15, 0.2) is 36.5 Å². The van der Waals surface area contributed by atoms with E-state index < -0.39 is 36.9 Å². The molecule has 0 saturated carbocycles. The Hall–Kier alpha value is -1.47. The van der Waals surface area contributed by atoms with Gasteiger partial charge in [-0.2, -0.15) is 0 Å². The minimum absolute atomic E-state index is 0.356. The lowest BCUT2D eigenvalue weighted by Gasteiger charge is -2.27. The average Bonchev–Trinajstić information content (AvgIpc) is 3.11. The number of rotatable bonds is 37. The monoisotopic (exact) mass is 692 g/mol. The van der Waals surface area contributed by atoms with Gasteiger partial charge in [0.25, 0.3) is 0 Å². The maximum absolute atomic E-state index is 12.4. The first-order chi connectivity index (χ1) is 24.0. The van der Waals surface area contributed by atoms with Gasteiger partial charge >= 0.3 is 0 Å². The van der Waals surface area contributed by atoms with Gasteiger partial charge in [0.15, 0.2) is 0 Å². The smallest absolute Gasteiger partial charge is 0.249 e. The molecule has 0 bridgehead atoms. The van der Waals surface area contributed by atoms with E-state index in [2.05, 4.69) is 55.6 Å². The van der Waals surface area contributed by atoms with E-state index in [1.165, 1.54) is 122 Å². The fourth-order valence-corrected chi connectivity index (χ4v) is 6.24. The van der Waals surface area contributed by atoms with Crippen molar-refractivity contribution in [3.8, 4) is 0 Å². The number of amides is 1. The van der Waals surface area contributed by atoms with Crippen LogP contribution in [0.1, 0.15) is 200 Å². The van der Waals surface area contributed by atoms with Crippen LogP contribution in [0.5, 0.6) is 0 Å². The summed E-state index contributed by atoms with van der Waals surface area (Å²) in [7, 11) is 0. The number of hydrogen-bond acceptors (Lipinski definition) is 5. The average molecular weight is 692 g/mol. The molecule has 5 N–H and O–H groups in total. The first-order valence-electron chi connectivity index (χ1n) is 20.9. The molecule has 0 heterocycles. The quantitative estimate of drug-likeness (QED) is 0.0329. The van der Waals surface area contributed by atoms with Crippen LogP contribution in [-0.2, 0) is 4.79 Å². The molecule has 0 aromatic rings. The maximum Gasteiger partial charge on any atom is 0.249 e. The van der Waals surface area contributed by atoms with Crippen molar-refractivity contribution < 1.29 is 25.2 Å². The van der Waals surface area contributed by atoms with E-state index in [0.717, 1.165) is 44.9 Å². The normalized spacial score (nSPS) is 14.7. The van der Waals surface area contributed by atoms with Crippen molar-refractivity contribution in [2.45, 2.75) is 224 Å². The van der Waals surface area contributed by atoms with Gasteiger partial charge in [0.05, 0.1) is 18.8 Å². The Bertz CT molecular complexity index is 782. The van der Waals surface area contributed by atoms with Crippen LogP contribution < -0.4 is 5.32 Å². The Morgan fingerprint density at radius 1 is 0.510 bits per heavy atom. The number of aliphatic hydroxyl groups is 4. The third-order valence-electron chi connectivity index (χ3n) is 9.56. The zero-order valence-electron chi connectivity index (χ0n) is 32.2. The summed E-state index contributed by atoms with van der Waals surface area (Å²) in [6.07, 6.45) is 43.4. The Morgan fingerprint density at radius 2 is 0.918 bits per heavy atom. The van der Waals surface area contributed by atoms with Gasteiger partial charge < -0.3 is 25.7 Å². The van der Waals surface area contributed by atoms with E-state index >= 15 is 0 Å². The molecule has 0 aliphatic carbocycles. The van der Waals surface area contributed by atoms with Crippen LogP contribution >= 0.6 is 0 Å². The zero-order chi connectivity index (χ0) is 36.0. The highest BCUT2D eigenvalue weighted by Gasteiger charge is 2.28. The standard InChI is InChI=1S/C43H81NO5/c1-3-5-7-9-11-13-14-15-16-17-18-19-20-21-22-23-24-25-26-27-29-31-33-35-37-41(47)43(49)44-39(38-45)42(48)40(46)36-34-32-30-28-12-10-8-6-4-2/h6,8,21-22,28,30,39-42,45-48H,3-5,7,9-20,23-27,29,31-38H2,1-2H3,(H,44,49)/b8-6+,22-21-,30-28+. The number of carbonyl (C=O) groups is 1. The third kappa shape index (κ3) is 32.2. The van der Waals surface area contributed by atoms with E-state index in [1.807, 2.05) is 0 Å². The van der Waals surface area contributed by atoms with Gasteiger partial charge in [-0.1, -0.05) is 166 Å². The number of unbranched alkanes of at least 4 members (excludes halogenated alkanes) is 22. The summed E-state index contributed by atoms with van der Waals surface area (Å²) >= 11 is 0. The van der Waals surface area contributed by atoms with Gasteiger partial charge in [0.2, 0.25) is 5.91 Å². The number of allylic oxidation sites excluding steroid dienone is 6. The molecule has 4 unspecified atom stereocenters. The van der Waals surface area contributed by atoms with Crippen molar-refractivity contribution in [2.75, 3.05) is 6.61 Å². The van der Waals surface area contributed by atoms with Crippen LogP contribution in [0.4, 0.5) is 0 Å². The van der Waals surface area contributed by atoms with Crippen LogP contribution in [0.25, 0.3) is 0 Å². The first-order valence-corrected chi connectivity index (χ1v) is 20.9. The van der Waals surface area contributed by atoms with Crippen molar-refractivity contribution in [3.63, 3.8) is 0 Å². The minimum Gasteiger partial charge on any atom is -0.394 e. The summed E-state index contributed by atoms with van der Waals surface area (Å²) in [5, 5.41) is 43.3. The number of hydrogen-bond donors (Lipinski definition) is 5. The predicted molar refractivity (Wildman–Crippen MR) is 210 cm³/mol. The summed E-state index contributed by atoms with van der Waals surface area (Å²) in [6, 6.07) is -1.01. The van der Waals surface area contributed by atoms with E-state index in [9.17, 15) is 25.2 Å². The number of nitrogens with one attached hydrogen (secondary N) is 1. The lowest BCUT2D eigenvalue weighted by Crippen LogP contribution is -2.53. The van der Waals surface area contributed by atoms with Crippen LogP contribution in [0.3, 0.4) is 0 Å².